The van der Waals surface area contributed by atoms with Crippen molar-refractivity contribution >= 4 is 34.5 Å². The van der Waals surface area contributed by atoms with Crippen molar-refractivity contribution in [2.24, 2.45) is 7.05 Å². The van der Waals surface area contributed by atoms with Gasteiger partial charge in [-0.15, -0.1) is 22.7 Å². The van der Waals surface area contributed by atoms with Gasteiger partial charge in [0.2, 0.25) is 0 Å². The molecule has 0 aromatic carbocycles. The zero-order valence-corrected chi connectivity index (χ0v) is 21.1. The summed E-state index contributed by atoms with van der Waals surface area (Å²) in [6.07, 6.45) is 0. The first-order valence-electron chi connectivity index (χ1n) is 11.7. The fraction of sp³-hybridized carbons (Fsp3) is 0.458. The number of hydrogen-bond donors (Lipinski definition) is 0. The Morgan fingerprint density at radius 3 is 1.76 bits per heavy atom. The molecule has 5 rings (SSSR count). The van der Waals surface area contributed by atoms with Gasteiger partial charge in [-0.2, -0.15) is 5.10 Å². The lowest BCUT2D eigenvalue weighted by Gasteiger charge is -2.34. The third-order valence-electron chi connectivity index (χ3n) is 6.56. The molecule has 2 aliphatic rings. The van der Waals surface area contributed by atoms with Gasteiger partial charge in [-0.1, -0.05) is 12.1 Å². The summed E-state index contributed by atoms with van der Waals surface area (Å²) < 4.78 is 1.56. The largest absolute Gasteiger partial charge is 0.335 e. The minimum Gasteiger partial charge on any atom is -0.335 e. The number of amides is 2. The maximum Gasteiger partial charge on any atom is 0.274 e. The van der Waals surface area contributed by atoms with Crippen LogP contribution < -0.4 is 0 Å². The van der Waals surface area contributed by atoms with Gasteiger partial charge in [0.25, 0.3) is 11.8 Å². The van der Waals surface area contributed by atoms with Crippen molar-refractivity contribution in [2.75, 3.05) is 52.4 Å². The van der Waals surface area contributed by atoms with Crippen LogP contribution in [-0.2, 0) is 20.1 Å². The molecule has 2 amide bonds. The maximum absolute atomic E-state index is 13.2. The highest BCUT2D eigenvalue weighted by Crippen LogP contribution is 2.17. The van der Waals surface area contributed by atoms with Crippen LogP contribution in [0.25, 0.3) is 0 Å². The monoisotopic (exact) mass is 498 g/mol. The number of carbonyl (C=O) groups is 2. The molecule has 0 atom stereocenters. The first kappa shape index (κ1) is 23.2. The molecule has 2 aliphatic heterocycles. The van der Waals surface area contributed by atoms with Gasteiger partial charge in [-0.05, 0) is 22.9 Å². The van der Waals surface area contributed by atoms with Crippen molar-refractivity contribution in [3.8, 4) is 0 Å². The van der Waals surface area contributed by atoms with Gasteiger partial charge in [0, 0.05) is 88.3 Å². The summed E-state index contributed by atoms with van der Waals surface area (Å²) in [5.41, 5.74) is 0.834. The number of thiophene rings is 2. The molecular weight excluding hydrogens is 468 g/mol. The van der Waals surface area contributed by atoms with Gasteiger partial charge < -0.3 is 9.80 Å². The van der Waals surface area contributed by atoms with E-state index in [0.29, 0.717) is 37.6 Å². The molecule has 34 heavy (non-hydrogen) atoms. The van der Waals surface area contributed by atoms with Crippen molar-refractivity contribution in [1.82, 2.24) is 29.4 Å². The third-order valence-corrected chi connectivity index (χ3v) is 8.28. The highest BCUT2D eigenvalue weighted by atomic mass is 32.1. The number of piperazine rings is 2. The van der Waals surface area contributed by atoms with Crippen LogP contribution in [0.15, 0.2) is 41.1 Å². The fourth-order valence-electron chi connectivity index (χ4n) is 4.56. The van der Waals surface area contributed by atoms with Crippen LogP contribution in [0.2, 0.25) is 0 Å². The van der Waals surface area contributed by atoms with E-state index in [1.165, 1.54) is 9.75 Å². The van der Waals surface area contributed by atoms with Gasteiger partial charge in [-0.3, -0.25) is 24.1 Å². The molecule has 0 saturated carbocycles. The van der Waals surface area contributed by atoms with Crippen LogP contribution in [0.1, 0.15) is 30.7 Å². The maximum atomic E-state index is 13.2. The Labute approximate surface area is 208 Å². The molecule has 3 aromatic heterocycles. The molecule has 0 radical (unpaired) electrons. The van der Waals surface area contributed by atoms with Crippen molar-refractivity contribution in [3.05, 3.63) is 62.2 Å². The quantitative estimate of drug-likeness (QED) is 0.523. The molecule has 0 spiro atoms. The van der Waals surface area contributed by atoms with E-state index in [-0.39, 0.29) is 11.8 Å². The molecule has 0 aliphatic carbocycles. The topological polar surface area (TPSA) is 64.9 Å². The van der Waals surface area contributed by atoms with E-state index in [1.54, 1.807) is 40.5 Å². The Morgan fingerprint density at radius 1 is 0.794 bits per heavy atom. The molecule has 8 nitrogen and oxygen atoms in total. The normalized spacial score (nSPS) is 17.9. The van der Waals surface area contributed by atoms with Gasteiger partial charge in [0.05, 0.1) is 0 Å². The van der Waals surface area contributed by atoms with Crippen molar-refractivity contribution < 1.29 is 9.59 Å². The Morgan fingerprint density at radius 2 is 1.29 bits per heavy atom. The minimum atomic E-state index is -0.0915. The summed E-state index contributed by atoms with van der Waals surface area (Å²) in [4.78, 5) is 37.4. The summed E-state index contributed by atoms with van der Waals surface area (Å²) in [6.45, 7) is 7.98. The van der Waals surface area contributed by atoms with E-state index in [0.717, 1.165) is 39.3 Å². The molecular formula is C24H30N6O2S2. The van der Waals surface area contributed by atoms with Gasteiger partial charge in [0.15, 0.2) is 5.69 Å². The lowest BCUT2D eigenvalue weighted by atomic mass is 10.2. The van der Waals surface area contributed by atoms with Crippen LogP contribution in [0.5, 0.6) is 0 Å². The molecule has 2 saturated heterocycles. The van der Waals surface area contributed by atoms with E-state index in [4.69, 9.17) is 0 Å². The number of nitrogens with zero attached hydrogens (tertiary/aromatic N) is 6. The first-order valence-corrected chi connectivity index (χ1v) is 13.4. The third kappa shape index (κ3) is 5.25. The van der Waals surface area contributed by atoms with Crippen molar-refractivity contribution in [3.63, 3.8) is 0 Å². The van der Waals surface area contributed by atoms with Gasteiger partial charge in [0.1, 0.15) is 5.69 Å². The zero-order valence-electron chi connectivity index (χ0n) is 19.4. The summed E-state index contributed by atoms with van der Waals surface area (Å²) in [5, 5.41) is 8.60. The second-order valence-corrected chi connectivity index (χ2v) is 10.9. The molecule has 10 heteroatoms. The minimum absolute atomic E-state index is 0.0504. The van der Waals surface area contributed by atoms with E-state index < -0.39 is 0 Å². The lowest BCUT2D eigenvalue weighted by Crippen LogP contribution is -2.48. The van der Waals surface area contributed by atoms with E-state index >= 15 is 0 Å². The lowest BCUT2D eigenvalue weighted by molar-refractivity contribution is 0.0615. The van der Waals surface area contributed by atoms with E-state index in [9.17, 15) is 9.59 Å². The zero-order chi connectivity index (χ0) is 23.5. The molecule has 3 aromatic rings. The number of aryl methyl sites for hydroxylation is 1. The summed E-state index contributed by atoms with van der Waals surface area (Å²) >= 11 is 3.54. The molecule has 0 N–H and O–H groups in total. The Bertz CT molecular complexity index is 1090. The van der Waals surface area contributed by atoms with Gasteiger partial charge >= 0.3 is 0 Å². The Balaban J connectivity index is 1.14. The highest BCUT2D eigenvalue weighted by Gasteiger charge is 2.28. The molecule has 0 unspecified atom stereocenters. The Kier molecular flexibility index (Phi) is 7.10. The average Bonchev–Trinajstić information content (AvgIpc) is 3.62. The van der Waals surface area contributed by atoms with Crippen molar-refractivity contribution in [1.29, 1.82) is 0 Å². The predicted octanol–water partition coefficient (Wildman–Crippen LogP) is 2.46. The molecule has 0 bridgehead atoms. The average molecular weight is 499 g/mol. The summed E-state index contributed by atoms with van der Waals surface area (Å²) in [6, 6.07) is 10.1. The van der Waals surface area contributed by atoms with Crippen molar-refractivity contribution in [2.45, 2.75) is 13.1 Å². The van der Waals surface area contributed by atoms with Crippen LogP contribution in [0, 0.1) is 0 Å². The second-order valence-electron chi connectivity index (χ2n) is 8.83. The predicted molar refractivity (Wildman–Crippen MR) is 134 cm³/mol. The number of rotatable bonds is 6. The van der Waals surface area contributed by atoms with Crippen LogP contribution in [0.4, 0.5) is 0 Å². The van der Waals surface area contributed by atoms with Crippen LogP contribution in [0.3, 0.4) is 0 Å². The SMILES string of the molecule is Cn1nc(C(=O)N2CCN(Cc3cccs3)CC2)cc1C(=O)N1CCN(Cc2cccs2)CC1. The van der Waals surface area contributed by atoms with E-state index in [1.807, 2.05) is 9.80 Å². The fourth-order valence-corrected chi connectivity index (χ4v) is 6.05. The molecule has 2 fully saturated rings. The van der Waals surface area contributed by atoms with Crippen LogP contribution >= 0.6 is 22.7 Å². The summed E-state index contributed by atoms with van der Waals surface area (Å²) in [7, 11) is 1.75. The number of carbonyl (C=O) groups excluding carboxylic acids is 2. The molecule has 180 valence electrons. The second kappa shape index (κ2) is 10.4. The smallest absolute Gasteiger partial charge is 0.274 e. The highest BCUT2D eigenvalue weighted by molar-refractivity contribution is 7.10. The van der Waals surface area contributed by atoms with Gasteiger partial charge in [-0.25, -0.2) is 0 Å². The Hall–Kier alpha value is -2.53. The number of hydrogen-bond acceptors (Lipinski definition) is 7. The van der Waals surface area contributed by atoms with Crippen LogP contribution in [-0.4, -0.2) is 93.6 Å². The van der Waals surface area contributed by atoms with E-state index in [2.05, 4.69) is 49.9 Å². The number of aromatic nitrogens is 2. The standard InChI is InChI=1S/C24H30N6O2S2/c1-26-22(24(32)30-12-8-28(9-13-30)18-20-5-3-15-34-20)16-21(25-26)23(31)29-10-6-27(7-11-29)17-19-4-2-14-33-19/h2-5,14-16H,6-13,17-18H2,1H3. The first-order chi connectivity index (χ1) is 16.6. The summed E-state index contributed by atoms with van der Waals surface area (Å²) in [5.74, 6) is -0.142. The molecule has 5 heterocycles.